The van der Waals surface area contributed by atoms with Crippen LogP contribution in [0.5, 0.6) is 0 Å². The van der Waals surface area contributed by atoms with Crippen molar-refractivity contribution in [1.29, 1.82) is 0 Å². The molecule has 0 atom stereocenters. The van der Waals surface area contributed by atoms with Crippen molar-refractivity contribution >= 4 is 53.9 Å². The number of benzene rings is 10. The van der Waals surface area contributed by atoms with Gasteiger partial charge in [-0.05, 0) is 128 Å². The van der Waals surface area contributed by atoms with E-state index >= 15 is 0 Å². The minimum atomic E-state index is -0.0993. The van der Waals surface area contributed by atoms with E-state index in [1.54, 1.807) is 0 Å². The maximum Gasteiger partial charge on any atom is 0.0159 e. The number of rotatable bonds is 3. The van der Waals surface area contributed by atoms with Gasteiger partial charge in [0, 0.05) is 5.41 Å². The van der Waals surface area contributed by atoms with Gasteiger partial charge in [-0.3, -0.25) is 0 Å². The minimum Gasteiger partial charge on any atom is -0.0622 e. The van der Waals surface area contributed by atoms with Gasteiger partial charge in [0.15, 0.2) is 0 Å². The molecule has 1 aliphatic carbocycles. The lowest BCUT2D eigenvalue weighted by Gasteiger charge is -2.25. The normalized spacial score (nSPS) is 13.2. The average Bonchev–Trinajstić information content (AvgIpc) is 3.45. The van der Waals surface area contributed by atoms with Crippen LogP contribution in [-0.4, -0.2) is 0 Å². The maximum atomic E-state index is 2.51. The van der Waals surface area contributed by atoms with E-state index < -0.39 is 0 Å². The molecule has 10 aromatic rings. The van der Waals surface area contributed by atoms with Crippen molar-refractivity contribution in [1.82, 2.24) is 0 Å². The molecule has 10 aromatic carbocycles. The first-order valence-electron chi connectivity index (χ1n) is 18.7. The zero-order valence-corrected chi connectivity index (χ0v) is 29.8. The summed E-state index contributed by atoms with van der Waals surface area (Å²) < 4.78 is 0. The molecule has 0 saturated heterocycles. The Morgan fingerprint density at radius 3 is 1.47 bits per heavy atom. The molecule has 0 bridgehead atoms. The van der Waals surface area contributed by atoms with E-state index in [1.807, 2.05) is 0 Å². The quantitative estimate of drug-likeness (QED) is 0.129. The highest BCUT2D eigenvalue weighted by atomic mass is 14.4. The van der Waals surface area contributed by atoms with Crippen molar-refractivity contribution < 1.29 is 0 Å². The highest BCUT2D eigenvalue weighted by molar-refractivity contribution is 6.37. The first-order valence-corrected chi connectivity index (χ1v) is 18.7. The van der Waals surface area contributed by atoms with Crippen molar-refractivity contribution in [2.24, 2.45) is 0 Å². The third-order valence-electron chi connectivity index (χ3n) is 12.0. The van der Waals surface area contributed by atoms with Crippen LogP contribution in [-0.2, 0) is 5.41 Å². The molecule has 0 fully saturated rings. The Hall–Kier alpha value is -6.50. The van der Waals surface area contributed by atoms with Gasteiger partial charge in [0.25, 0.3) is 0 Å². The van der Waals surface area contributed by atoms with Crippen molar-refractivity contribution in [3.05, 3.63) is 193 Å². The van der Waals surface area contributed by atoms with E-state index in [0.717, 1.165) is 0 Å². The molecule has 0 amide bonds. The van der Waals surface area contributed by atoms with Crippen LogP contribution in [0.3, 0.4) is 0 Å². The summed E-state index contributed by atoms with van der Waals surface area (Å²) in [6.07, 6.45) is 0. The SMILES string of the molecule is CC1(C)c2ccccc2-c2ccc(-c3c4ccccc4c(-c4cc5ccccc5cc4-c4ccccc4)c4c5ccccc5c5ccccc5c34)cc21. The van der Waals surface area contributed by atoms with E-state index in [2.05, 4.69) is 196 Å². The van der Waals surface area contributed by atoms with Gasteiger partial charge >= 0.3 is 0 Å². The largest absolute Gasteiger partial charge is 0.0622 e. The predicted octanol–water partition coefficient (Wildman–Crippen LogP) is 14.8. The summed E-state index contributed by atoms with van der Waals surface area (Å²) >= 11 is 0. The summed E-state index contributed by atoms with van der Waals surface area (Å²) in [6, 6.07) is 68.0. The first-order chi connectivity index (χ1) is 26.1. The monoisotopic (exact) mass is 672 g/mol. The van der Waals surface area contributed by atoms with Crippen molar-refractivity contribution in [2.75, 3.05) is 0 Å². The molecule has 0 saturated carbocycles. The smallest absolute Gasteiger partial charge is 0.0159 e. The average molecular weight is 673 g/mol. The molecule has 248 valence electrons. The van der Waals surface area contributed by atoms with E-state index in [0.29, 0.717) is 0 Å². The molecule has 53 heavy (non-hydrogen) atoms. The fraction of sp³-hybridized carbons (Fsp3) is 0.0566. The Bertz CT molecular complexity index is 3120. The summed E-state index contributed by atoms with van der Waals surface area (Å²) in [4.78, 5) is 0. The molecular formula is C53H36. The molecule has 0 aliphatic heterocycles. The fourth-order valence-electron chi connectivity index (χ4n) is 9.59. The van der Waals surface area contributed by atoms with Crippen molar-refractivity contribution in [2.45, 2.75) is 19.3 Å². The molecule has 0 radical (unpaired) electrons. The number of hydrogen-bond donors (Lipinski definition) is 0. The topological polar surface area (TPSA) is 0 Å². The summed E-state index contributed by atoms with van der Waals surface area (Å²) in [6.45, 7) is 4.77. The summed E-state index contributed by atoms with van der Waals surface area (Å²) in [5, 5.41) is 12.8. The van der Waals surface area contributed by atoms with Gasteiger partial charge in [0.1, 0.15) is 0 Å². The molecule has 0 spiro atoms. The van der Waals surface area contributed by atoms with Gasteiger partial charge in [-0.1, -0.05) is 178 Å². The second kappa shape index (κ2) is 11.2. The Labute approximate surface area is 309 Å². The number of hydrogen-bond acceptors (Lipinski definition) is 0. The minimum absolute atomic E-state index is 0.0993. The van der Waals surface area contributed by atoms with E-state index in [9.17, 15) is 0 Å². The second-order valence-corrected chi connectivity index (χ2v) is 15.2. The van der Waals surface area contributed by atoms with Crippen LogP contribution in [0.25, 0.3) is 98.4 Å². The van der Waals surface area contributed by atoms with Crippen LogP contribution < -0.4 is 0 Å². The van der Waals surface area contributed by atoms with Crippen molar-refractivity contribution in [3.63, 3.8) is 0 Å². The van der Waals surface area contributed by atoms with Crippen LogP contribution in [0.4, 0.5) is 0 Å². The Morgan fingerprint density at radius 1 is 0.302 bits per heavy atom. The third-order valence-corrected chi connectivity index (χ3v) is 12.0. The van der Waals surface area contributed by atoms with Crippen LogP contribution >= 0.6 is 0 Å². The molecule has 0 N–H and O–H groups in total. The van der Waals surface area contributed by atoms with E-state index in [1.165, 1.54) is 109 Å². The van der Waals surface area contributed by atoms with E-state index in [4.69, 9.17) is 0 Å². The van der Waals surface area contributed by atoms with Crippen LogP contribution in [0.1, 0.15) is 25.0 Å². The summed E-state index contributed by atoms with van der Waals surface area (Å²) in [5.74, 6) is 0. The highest BCUT2D eigenvalue weighted by Crippen LogP contribution is 2.54. The lowest BCUT2D eigenvalue weighted by molar-refractivity contribution is 0.660. The van der Waals surface area contributed by atoms with Gasteiger partial charge in [-0.25, -0.2) is 0 Å². The Kier molecular flexibility index (Phi) is 6.40. The van der Waals surface area contributed by atoms with Gasteiger partial charge in [-0.2, -0.15) is 0 Å². The third kappa shape index (κ3) is 4.30. The molecule has 0 heterocycles. The Morgan fingerprint density at radius 2 is 0.792 bits per heavy atom. The second-order valence-electron chi connectivity index (χ2n) is 15.2. The Balaban J connectivity index is 1.37. The lowest BCUT2D eigenvalue weighted by Crippen LogP contribution is -2.14. The van der Waals surface area contributed by atoms with Crippen LogP contribution in [0, 0.1) is 0 Å². The summed E-state index contributed by atoms with van der Waals surface area (Å²) in [7, 11) is 0. The molecule has 0 heteroatoms. The highest BCUT2D eigenvalue weighted by Gasteiger charge is 2.35. The molecule has 1 aliphatic rings. The zero-order valence-electron chi connectivity index (χ0n) is 29.8. The van der Waals surface area contributed by atoms with Gasteiger partial charge in [0.2, 0.25) is 0 Å². The van der Waals surface area contributed by atoms with Crippen LogP contribution in [0.2, 0.25) is 0 Å². The molecular weight excluding hydrogens is 637 g/mol. The van der Waals surface area contributed by atoms with Gasteiger partial charge in [0.05, 0.1) is 0 Å². The fourth-order valence-corrected chi connectivity index (χ4v) is 9.59. The molecule has 0 nitrogen and oxygen atoms in total. The predicted molar refractivity (Wildman–Crippen MR) is 228 cm³/mol. The van der Waals surface area contributed by atoms with Gasteiger partial charge in [-0.15, -0.1) is 0 Å². The van der Waals surface area contributed by atoms with Crippen LogP contribution in [0.15, 0.2) is 182 Å². The zero-order chi connectivity index (χ0) is 35.3. The first kappa shape index (κ1) is 30.2. The van der Waals surface area contributed by atoms with E-state index in [-0.39, 0.29) is 5.41 Å². The standard InChI is InChI=1S/C53H36/c1-53(2)47-27-15-14-22-39(47)40-29-28-36(32-48(40)53)49-43-25-12-13-26-44(43)50(52-42-24-11-9-21-38(42)37-20-8-10-23-41(37)51(49)52)46-31-35-19-7-6-18-34(35)30-45(46)33-16-4-3-5-17-33/h3-32H,1-2H3. The molecule has 0 aromatic heterocycles. The summed E-state index contributed by atoms with van der Waals surface area (Å²) in [5.41, 5.74) is 13.0. The molecule has 0 unspecified atom stereocenters. The molecule has 11 rings (SSSR count). The maximum absolute atomic E-state index is 2.51. The number of fused-ring (bicyclic) bond motifs is 11. The van der Waals surface area contributed by atoms with Gasteiger partial charge < -0.3 is 0 Å². The van der Waals surface area contributed by atoms with Crippen molar-refractivity contribution in [3.8, 4) is 44.5 Å². The lowest BCUT2D eigenvalue weighted by atomic mass is 9.78.